The van der Waals surface area contributed by atoms with Crippen LogP contribution in [0.25, 0.3) is 22.0 Å². The molecule has 114 valence electrons. The van der Waals surface area contributed by atoms with Crippen molar-refractivity contribution in [2.24, 2.45) is 0 Å². The standard InChI is InChI=1S/C19H23N3/c1-12(2)18-21-11-17(22-18)14-6-7-16(19(3,4)5)15-10-20-9-8-13(14)15/h6-12H,1-5H3,(H,21,22). The fraction of sp³-hybridized carbons (Fsp3) is 0.368. The average molecular weight is 293 g/mol. The Balaban J connectivity index is 2.23. The lowest BCUT2D eigenvalue weighted by molar-refractivity contribution is 0.596. The van der Waals surface area contributed by atoms with E-state index in [0.717, 1.165) is 11.5 Å². The number of benzene rings is 1. The molecule has 1 N–H and O–H groups in total. The lowest BCUT2D eigenvalue weighted by Crippen LogP contribution is -2.11. The van der Waals surface area contributed by atoms with E-state index >= 15 is 0 Å². The molecule has 0 unspecified atom stereocenters. The Labute approximate surface area is 131 Å². The molecule has 3 rings (SSSR count). The van der Waals surface area contributed by atoms with Gasteiger partial charge in [-0.1, -0.05) is 46.8 Å². The van der Waals surface area contributed by atoms with Crippen LogP contribution >= 0.6 is 0 Å². The van der Waals surface area contributed by atoms with Crippen LogP contribution < -0.4 is 0 Å². The minimum Gasteiger partial charge on any atom is -0.342 e. The van der Waals surface area contributed by atoms with Gasteiger partial charge in [-0.2, -0.15) is 0 Å². The van der Waals surface area contributed by atoms with Gasteiger partial charge in [-0.3, -0.25) is 4.98 Å². The zero-order valence-electron chi connectivity index (χ0n) is 13.9. The van der Waals surface area contributed by atoms with Gasteiger partial charge in [0.25, 0.3) is 0 Å². The Hall–Kier alpha value is -2.16. The summed E-state index contributed by atoms with van der Waals surface area (Å²) >= 11 is 0. The number of nitrogens with one attached hydrogen (secondary N) is 1. The van der Waals surface area contributed by atoms with Gasteiger partial charge in [0.1, 0.15) is 5.82 Å². The Morgan fingerprint density at radius 1 is 1.00 bits per heavy atom. The fourth-order valence-corrected chi connectivity index (χ4v) is 2.85. The Kier molecular flexibility index (Phi) is 3.51. The van der Waals surface area contributed by atoms with E-state index in [1.54, 1.807) is 0 Å². The van der Waals surface area contributed by atoms with Gasteiger partial charge in [0.2, 0.25) is 0 Å². The van der Waals surface area contributed by atoms with Crippen LogP contribution in [0.3, 0.4) is 0 Å². The molecular weight excluding hydrogens is 270 g/mol. The molecule has 0 amide bonds. The third kappa shape index (κ3) is 2.52. The monoisotopic (exact) mass is 293 g/mol. The molecule has 0 radical (unpaired) electrons. The van der Waals surface area contributed by atoms with Crippen LogP contribution in [0.5, 0.6) is 0 Å². The van der Waals surface area contributed by atoms with E-state index in [1.807, 2.05) is 18.6 Å². The van der Waals surface area contributed by atoms with Crippen LogP contribution in [0, 0.1) is 0 Å². The molecule has 3 aromatic rings. The van der Waals surface area contributed by atoms with Gasteiger partial charge in [0.05, 0.1) is 11.9 Å². The summed E-state index contributed by atoms with van der Waals surface area (Å²) in [4.78, 5) is 12.3. The number of fused-ring (bicyclic) bond motifs is 1. The molecule has 0 aliphatic carbocycles. The second kappa shape index (κ2) is 5.24. The summed E-state index contributed by atoms with van der Waals surface area (Å²) in [5, 5.41) is 2.44. The molecule has 0 bridgehead atoms. The smallest absolute Gasteiger partial charge is 0.109 e. The van der Waals surface area contributed by atoms with Gasteiger partial charge in [-0.25, -0.2) is 4.98 Å². The molecule has 2 aromatic heterocycles. The van der Waals surface area contributed by atoms with E-state index in [0.29, 0.717) is 5.92 Å². The predicted octanol–water partition coefficient (Wildman–Crippen LogP) is 5.05. The molecule has 1 aromatic carbocycles. The summed E-state index contributed by atoms with van der Waals surface area (Å²) in [5.41, 5.74) is 3.67. The first kappa shape index (κ1) is 14.8. The van der Waals surface area contributed by atoms with Crippen LogP contribution in [0.15, 0.2) is 36.8 Å². The summed E-state index contributed by atoms with van der Waals surface area (Å²) in [6.45, 7) is 11.0. The zero-order chi connectivity index (χ0) is 15.9. The average Bonchev–Trinajstić information content (AvgIpc) is 2.94. The first-order valence-corrected chi connectivity index (χ1v) is 7.80. The van der Waals surface area contributed by atoms with Gasteiger partial charge in [0.15, 0.2) is 0 Å². The van der Waals surface area contributed by atoms with Crippen LogP contribution in [-0.4, -0.2) is 15.0 Å². The SMILES string of the molecule is CC(C)c1ncc(-c2ccc(C(C)(C)C)c3cnccc23)[nH]1. The molecule has 22 heavy (non-hydrogen) atoms. The quantitative estimate of drug-likeness (QED) is 0.718. The van der Waals surface area contributed by atoms with E-state index in [9.17, 15) is 0 Å². The van der Waals surface area contributed by atoms with Crippen molar-refractivity contribution < 1.29 is 0 Å². The van der Waals surface area contributed by atoms with Crippen molar-refractivity contribution in [2.45, 2.75) is 46.0 Å². The van der Waals surface area contributed by atoms with Crippen LogP contribution in [-0.2, 0) is 5.41 Å². The highest BCUT2D eigenvalue weighted by Crippen LogP contribution is 2.35. The Morgan fingerprint density at radius 2 is 1.77 bits per heavy atom. The summed E-state index contributed by atoms with van der Waals surface area (Å²) in [5.74, 6) is 1.42. The number of hydrogen-bond acceptors (Lipinski definition) is 2. The lowest BCUT2D eigenvalue weighted by Gasteiger charge is -2.22. The maximum absolute atomic E-state index is 4.50. The maximum Gasteiger partial charge on any atom is 0.109 e. The lowest BCUT2D eigenvalue weighted by atomic mass is 9.83. The molecule has 3 nitrogen and oxygen atoms in total. The van der Waals surface area contributed by atoms with E-state index in [1.165, 1.54) is 21.9 Å². The Morgan fingerprint density at radius 3 is 2.41 bits per heavy atom. The number of imidazole rings is 1. The first-order valence-electron chi connectivity index (χ1n) is 7.80. The molecule has 0 fully saturated rings. The summed E-state index contributed by atoms with van der Waals surface area (Å²) in [7, 11) is 0. The number of aromatic nitrogens is 3. The molecule has 3 heteroatoms. The highest BCUT2D eigenvalue weighted by Gasteiger charge is 2.19. The van der Waals surface area contributed by atoms with Crippen molar-refractivity contribution in [3.05, 3.63) is 48.2 Å². The van der Waals surface area contributed by atoms with Crippen molar-refractivity contribution >= 4 is 10.8 Å². The third-order valence-electron chi connectivity index (χ3n) is 4.06. The number of rotatable bonds is 2. The minimum atomic E-state index is 0.0941. The van der Waals surface area contributed by atoms with Crippen molar-refractivity contribution in [2.75, 3.05) is 0 Å². The van der Waals surface area contributed by atoms with Crippen molar-refractivity contribution in [1.29, 1.82) is 0 Å². The molecule has 0 atom stereocenters. The molecule has 0 aliphatic rings. The highest BCUT2D eigenvalue weighted by atomic mass is 14.9. The van der Waals surface area contributed by atoms with Gasteiger partial charge in [-0.15, -0.1) is 0 Å². The van der Waals surface area contributed by atoms with Crippen molar-refractivity contribution in [3.63, 3.8) is 0 Å². The fourth-order valence-electron chi connectivity index (χ4n) is 2.85. The number of H-pyrrole nitrogens is 1. The van der Waals surface area contributed by atoms with Crippen LogP contribution in [0.4, 0.5) is 0 Å². The summed E-state index contributed by atoms with van der Waals surface area (Å²) in [6, 6.07) is 6.51. The number of pyridine rings is 1. The van der Waals surface area contributed by atoms with Crippen LogP contribution in [0.1, 0.15) is 51.9 Å². The van der Waals surface area contributed by atoms with E-state index in [-0.39, 0.29) is 5.41 Å². The topological polar surface area (TPSA) is 41.6 Å². The van der Waals surface area contributed by atoms with Crippen LogP contribution in [0.2, 0.25) is 0 Å². The number of hydrogen-bond donors (Lipinski definition) is 1. The van der Waals surface area contributed by atoms with Crippen molar-refractivity contribution in [3.8, 4) is 11.3 Å². The predicted molar refractivity (Wildman–Crippen MR) is 92.1 cm³/mol. The molecule has 2 heterocycles. The highest BCUT2D eigenvalue weighted by molar-refractivity contribution is 5.97. The zero-order valence-corrected chi connectivity index (χ0v) is 13.9. The molecular formula is C19H23N3. The van der Waals surface area contributed by atoms with Gasteiger partial charge >= 0.3 is 0 Å². The molecule has 0 saturated heterocycles. The second-order valence-electron chi connectivity index (χ2n) is 7.17. The summed E-state index contributed by atoms with van der Waals surface area (Å²) in [6.07, 6.45) is 5.76. The normalized spacial score (nSPS) is 12.3. The van der Waals surface area contributed by atoms with E-state index in [2.05, 4.69) is 67.8 Å². The van der Waals surface area contributed by atoms with Gasteiger partial charge < -0.3 is 4.98 Å². The maximum atomic E-state index is 4.50. The first-order chi connectivity index (χ1) is 10.4. The van der Waals surface area contributed by atoms with Gasteiger partial charge in [-0.05, 0) is 22.4 Å². The molecule has 0 saturated carbocycles. The number of aromatic amines is 1. The molecule has 0 aliphatic heterocycles. The largest absolute Gasteiger partial charge is 0.342 e. The van der Waals surface area contributed by atoms with E-state index < -0.39 is 0 Å². The van der Waals surface area contributed by atoms with Crippen molar-refractivity contribution in [1.82, 2.24) is 15.0 Å². The van der Waals surface area contributed by atoms with E-state index in [4.69, 9.17) is 0 Å². The minimum absolute atomic E-state index is 0.0941. The molecule has 0 spiro atoms. The van der Waals surface area contributed by atoms with Gasteiger partial charge in [0, 0.05) is 29.3 Å². The Bertz CT molecular complexity index is 807. The summed E-state index contributed by atoms with van der Waals surface area (Å²) < 4.78 is 0. The third-order valence-corrected chi connectivity index (χ3v) is 4.06. The second-order valence-corrected chi connectivity index (χ2v) is 7.17. The number of nitrogens with zero attached hydrogens (tertiary/aromatic N) is 2.